The summed E-state index contributed by atoms with van der Waals surface area (Å²) in [4.78, 5) is 4.56. The van der Waals surface area contributed by atoms with E-state index in [1.165, 1.54) is 11.1 Å². The number of fused-ring (bicyclic) bond motifs is 1. The molecule has 4 aromatic rings. The third-order valence-corrected chi connectivity index (χ3v) is 4.32. The van der Waals surface area contributed by atoms with E-state index in [1.807, 2.05) is 36.4 Å². The Labute approximate surface area is 147 Å². The third kappa shape index (κ3) is 3.78. The second kappa shape index (κ2) is 7.32. The molecular weight excluding hydrogens is 308 g/mol. The number of nitrogens with zero attached hydrogens (tertiary/aromatic N) is 1. The minimum Gasteiger partial charge on any atom is -0.439 e. The Balaban J connectivity index is 1.53. The molecule has 0 saturated carbocycles. The normalized spacial score (nSPS) is 12.3. The van der Waals surface area contributed by atoms with Crippen LogP contribution in [0, 0.1) is 0 Å². The van der Waals surface area contributed by atoms with Crippen LogP contribution in [0.2, 0.25) is 0 Å². The molecule has 3 nitrogen and oxygen atoms in total. The molecule has 0 bridgehead atoms. The van der Waals surface area contributed by atoms with Gasteiger partial charge in [-0.3, -0.25) is 0 Å². The molecule has 0 spiro atoms. The maximum atomic E-state index is 5.83. The van der Waals surface area contributed by atoms with E-state index < -0.39 is 0 Å². The maximum absolute atomic E-state index is 5.83. The lowest BCUT2D eigenvalue weighted by Gasteiger charge is -2.18. The van der Waals surface area contributed by atoms with E-state index >= 15 is 0 Å². The standard InChI is InChI=1S/C22H20N2O/c1-3-9-17(10-4-1)15-20(18-11-5-2-6-12-18)23-16-22-24-19-13-7-8-14-21(19)25-22/h1-14,20,23H,15-16H2/t20-/m0/s1. The molecule has 0 amide bonds. The van der Waals surface area contributed by atoms with Crippen LogP contribution >= 0.6 is 0 Å². The van der Waals surface area contributed by atoms with Crippen LogP contribution in [0.1, 0.15) is 23.1 Å². The highest BCUT2D eigenvalue weighted by molar-refractivity contribution is 5.72. The van der Waals surface area contributed by atoms with Crippen molar-refractivity contribution in [3.8, 4) is 0 Å². The van der Waals surface area contributed by atoms with Gasteiger partial charge in [0.15, 0.2) is 5.58 Å². The van der Waals surface area contributed by atoms with Crippen LogP contribution < -0.4 is 5.32 Å². The fourth-order valence-corrected chi connectivity index (χ4v) is 3.05. The Morgan fingerprint density at radius 1 is 0.800 bits per heavy atom. The molecule has 25 heavy (non-hydrogen) atoms. The van der Waals surface area contributed by atoms with Gasteiger partial charge in [0.2, 0.25) is 5.89 Å². The van der Waals surface area contributed by atoms with Gasteiger partial charge >= 0.3 is 0 Å². The Morgan fingerprint density at radius 2 is 1.48 bits per heavy atom. The van der Waals surface area contributed by atoms with E-state index in [4.69, 9.17) is 4.42 Å². The largest absolute Gasteiger partial charge is 0.439 e. The number of oxazole rings is 1. The van der Waals surface area contributed by atoms with Crippen molar-refractivity contribution in [2.45, 2.75) is 19.0 Å². The predicted molar refractivity (Wildman–Crippen MR) is 100 cm³/mol. The molecule has 0 aliphatic heterocycles. The molecule has 0 aliphatic carbocycles. The van der Waals surface area contributed by atoms with E-state index in [0.717, 1.165) is 23.4 Å². The summed E-state index contributed by atoms with van der Waals surface area (Å²) in [5.41, 5.74) is 4.31. The van der Waals surface area contributed by atoms with Crippen LogP contribution in [-0.4, -0.2) is 4.98 Å². The molecule has 1 atom stereocenters. The molecule has 1 aromatic heterocycles. The molecule has 124 valence electrons. The summed E-state index contributed by atoms with van der Waals surface area (Å²) in [6.45, 7) is 0.598. The van der Waals surface area contributed by atoms with Crippen molar-refractivity contribution in [2.24, 2.45) is 0 Å². The van der Waals surface area contributed by atoms with E-state index in [0.29, 0.717) is 6.54 Å². The Hall–Kier alpha value is -2.91. The smallest absolute Gasteiger partial charge is 0.209 e. The van der Waals surface area contributed by atoms with Gasteiger partial charge in [-0.1, -0.05) is 72.8 Å². The zero-order valence-corrected chi connectivity index (χ0v) is 13.9. The van der Waals surface area contributed by atoms with Crippen molar-refractivity contribution in [3.63, 3.8) is 0 Å². The van der Waals surface area contributed by atoms with Crippen LogP contribution in [0.5, 0.6) is 0 Å². The molecule has 0 saturated heterocycles. The lowest BCUT2D eigenvalue weighted by molar-refractivity contribution is 0.452. The molecule has 0 radical (unpaired) electrons. The van der Waals surface area contributed by atoms with Crippen molar-refractivity contribution in [2.75, 3.05) is 0 Å². The number of para-hydroxylation sites is 2. The number of rotatable bonds is 6. The Bertz CT molecular complexity index is 899. The summed E-state index contributed by atoms with van der Waals surface area (Å²) in [5.74, 6) is 0.718. The first-order chi connectivity index (χ1) is 12.4. The van der Waals surface area contributed by atoms with Gasteiger partial charge in [0.1, 0.15) is 5.52 Å². The number of benzene rings is 3. The van der Waals surface area contributed by atoms with E-state index in [-0.39, 0.29) is 6.04 Å². The second-order valence-corrected chi connectivity index (χ2v) is 6.11. The first-order valence-corrected chi connectivity index (χ1v) is 8.55. The van der Waals surface area contributed by atoms with Gasteiger partial charge in [-0.05, 0) is 29.7 Å². The van der Waals surface area contributed by atoms with Crippen LogP contribution in [0.4, 0.5) is 0 Å². The molecule has 0 unspecified atom stereocenters. The monoisotopic (exact) mass is 328 g/mol. The molecule has 1 heterocycles. The number of nitrogens with one attached hydrogen (secondary N) is 1. The fraction of sp³-hybridized carbons (Fsp3) is 0.136. The van der Waals surface area contributed by atoms with E-state index in [1.54, 1.807) is 0 Å². The minimum atomic E-state index is 0.207. The van der Waals surface area contributed by atoms with Crippen LogP contribution in [-0.2, 0) is 13.0 Å². The fourth-order valence-electron chi connectivity index (χ4n) is 3.05. The number of hydrogen-bond acceptors (Lipinski definition) is 3. The first-order valence-electron chi connectivity index (χ1n) is 8.55. The first kappa shape index (κ1) is 15.6. The molecule has 3 heteroatoms. The molecule has 0 aliphatic rings. The molecule has 4 rings (SSSR count). The van der Waals surface area contributed by atoms with Crippen LogP contribution in [0.3, 0.4) is 0 Å². The number of aromatic nitrogens is 1. The lowest BCUT2D eigenvalue weighted by atomic mass is 9.99. The van der Waals surface area contributed by atoms with Crippen LogP contribution in [0.25, 0.3) is 11.1 Å². The van der Waals surface area contributed by atoms with E-state index in [2.05, 4.69) is 58.8 Å². The molecule has 1 N–H and O–H groups in total. The highest BCUT2D eigenvalue weighted by Crippen LogP contribution is 2.20. The average molecular weight is 328 g/mol. The van der Waals surface area contributed by atoms with Crippen molar-refractivity contribution in [1.82, 2.24) is 10.3 Å². The zero-order chi connectivity index (χ0) is 16.9. The molecular formula is C22H20N2O. The highest BCUT2D eigenvalue weighted by atomic mass is 16.3. The summed E-state index contributed by atoms with van der Waals surface area (Å²) in [7, 11) is 0. The molecule has 3 aromatic carbocycles. The van der Waals surface area contributed by atoms with Crippen molar-refractivity contribution < 1.29 is 4.42 Å². The van der Waals surface area contributed by atoms with Gasteiger partial charge in [0, 0.05) is 6.04 Å². The lowest BCUT2D eigenvalue weighted by Crippen LogP contribution is -2.23. The van der Waals surface area contributed by atoms with Gasteiger partial charge in [-0.25, -0.2) is 4.98 Å². The van der Waals surface area contributed by atoms with Crippen molar-refractivity contribution in [3.05, 3.63) is 102 Å². The topological polar surface area (TPSA) is 38.1 Å². The minimum absolute atomic E-state index is 0.207. The average Bonchev–Trinajstić information content (AvgIpc) is 3.09. The number of hydrogen-bond donors (Lipinski definition) is 1. The van der Waals surface area contributed by atoms with E-state index in [9.17, 15) is 0 Å². The van der Waals surface area contributed by atoms with Gasteiger partial charge < -0.3 is 9.73 Å². The predicted octanol–water partition coefficient (Wildman–Crippen LogP) is 4.90. The zero-order valence-electron chi connectivity index (χ0n) is 13.9. The van der Waals surface area contributed by atoms with Gasteiger partial charge in [-0.15, -0.1) is 0 Å². The quantitative estimate of drug-likeness (QED) is 0.547. The SMILES string of the molecule is c1ccc(C[C@H](NCc2nc3ccccc3o2)c2ccccc2)cc1. The summed E-state index contributed by atoms with van der Waals surface area (Å²) in [6.07, 6.45) is 0.922. The van der Waals surface area contributed by atoms with Gasteiger partial charge in [0.05, 0.1) is 6.54 Å². The Kier molecular flexibility index (Phi) is 4.57. The van der Waals surface area contributed by atoms with Crippen LogP contribution in [0.15, 0.2) is 89.3 Å². The van der Waals surface area contributed by atoms with Gasteiger partial charge in [0.25, 0.3) is 0 Å². The highest BCUT2D eigenvalue weighted by Gasteiger charge is 2.13. The van der Waals surface area contributed by atoms with Crippen molar-refractivity contribution in [1.29, 1.82) is 0 Å². The third-order valence-electron chi connectivity index (χ3n) is 4.32. The summed E-state index contributed by atoms with van der Waals surface area (Å²) >= 11 is 0. The maximum Gasteiger partial charge on any atom is 0.209 e. The molecule has 0 fully saturated rings. The summed E-state index contributed by atoms with van der Waals surface area (Å²) in [5, 5.41) is 3.61. The Morgan fingerprint density at radius 3 is 2.24 bits per heavy atom. The van der Waals surface area contributed by atoms with Crippen molar-refractivity contribution >= 4 is 11.1 Å². The summed E-state index contributed by atoms with van der Waals surface area (Å²) < 4.78 is 5.83. The summed E-state index contributed by atoms with van der Waals surface area (Å²) in [6, 6.07) is 29.1. The second-order valence-electron chi connectivity index (χ2n) is 6.11. The van der Waals surface area contributed by atoms with Gasteiger partial charge in [-0.2, -0.15) is 0 Å².